The first kappa shape index (κ1) is 21.3. The third-order valence-corrected chi connectivity index (χ3v) is 8.81. The van der Waals surface area contributed by atoms with Gasteiger partial charge in [-0.2, -0.15) is 0 Å². The lowest BCUT2D eigenvalue weighted by Gasteiger charge is -2.10. The summed E-state index contributed by atoms with van der Waals surface area (Å²) in [6.07, 6.45) is 4.64. The van der Waals surface area contributed by atoms with Crippen LogP contribution in [0.1, 0.15) is 11.1 Å². The van der Waals surface area contributed by atoms with Crippen LogP contribution in [0, 0.1) is 0 Å². The average Bonchev–Trinajstić information content (AvgIpc) is 3.70. The Morgan fingerprint density at radius 1 is 0.585 bits per heavy atom. The van der Waals surface area contributed by atoms with E-state index in [2.05, 4.69) is 93.9 Å². The standard InChI is InChI=1S/C36H21N5/c1-2-9-22(10-3-1)40-30-15-14-24-23-11-5-4-8-21(23)18-25(24)33(30)28-19-27-26(20-32(28)40)34-31(13-7-16-37-34)41-35(27)39-29-12-6-17-38-36(29)41/h1-17,19-20H,18H2. The molecule has 1 aliphatic carbocycles. The van der Waals surface area contributed by atoms with Gasteiger partial charge in [0.15, 0.2) is 5.65 Å². The number of fused-ring (bicyclic) bond motifs is 15. The number of benzene rings is 4. The van der Waals surface area contributed by atoms with Gasteiger partial charge < -0.3 is 4.57 Å². The molecule has 190 valence electrons. The molecule has 9 aromatic rings. The van der Waals surface area contributed by atoms with E-state index in [9.17, 15) is 0 Å². The third-order valence-electron chi connectivity index (χ3n) is 8.81. The number of hydrogen-bond acceptors (Lipinski definition) is 3. The summed E-state index contributed by atoms with van der Waals surface area (Å²) in [5.74, 6) is 0. The Morgan fingerprint density at radius 2 is 1.44 bits per heavy atom. The quantitative estimate of drug-likeness (QED) is 0.204. The highest BCUT2D eigenvalue weighted by atomic mass is 15.1. The summed E-state index contributed by atoms with van der Waals surface area (Å²) in [5.41, 5.74) is 13.6. The van der Waals surface area contributed by atoms with Gasteiger partial charge in [0.05, 0.1) is 22.1 Å². The van der Waals surface area contributed by atoms with E-state index in [0.29, 0.717) is 0 Å². The molecule has 5 heterocycles. The Balaban J connectivity index is 1.45. The minimum Gasteiger partial charge on any atom is -0.309 e. The molecule has 41 heavy (non-hydrogen) atoms. The fraction of sp³-hybridized carbons (Fsp3) is 0.0278. The van der Waals surface area contributed by atoms with Crippen molar-refractivity contribution >= 4 is 60.4 Å². The van der Waals surface area contributed by atoms with E-state index >= 15 is 0 Å². The van der Waals surface area contributed by atoms with Crippen molar-refractivity contribution in [1.29, 1.82) is 0 Å². The van der Waals surface area contributed by atoms with Crippen LogP contribution in [0.25, 0.3) is 77.2 Å². The molecule has 0 radical (unpaired) electrons. The first-order chi connectivity index (χ1) is 20.3. The van der Waals surface area contributed by atoms with Gasteiger partial charge >= 0.3 is 0 Å². The van der Waals surface area contributed by atoms with Gasteiger partial charge in [0.25, 0.3) is 0 Å². The van der Waals surface area contributed by atoms with E-state index in [-0.39, 0.29) is 0 Å². The predicted molar refractivity (Wildman–Crippen MR) is 166 cm³/mol. The van der Waals surface area contributed by atoms with Gasteiger partial charge in [0.2, 0.25) is 0 Å². The summed E-state index contributed by atoms with van der Waals surface area (Å²) >= 11 is 0. The van der Waals surface area contributed by atoms with Gasteiger partial charge in [-0.3, -0.25) is 9.38 Å². The van der Waals surface area contributed by atoms with Crippen molar-refractivity contribution in [3.05, 3.63) is 127 Å². The summed E-state index contributed by atoms with van der Waals surface area (Å²) in [6, 6.07) is 36.9. The maximum atomic E-state index is 5.12. The zero-order valence-corrected chi connectivity index (χ0v) is 21.9. The number of rotatable bonds is 1. The highest BCUT2D eigenvalue weighted by molar-refractivity contribution is 6.22. The van der Waals surface area contributed by atoms with Crippen LogP contribution < -0.4 is 0 Å². The number of para-hydroxylation sites is 1. The van der Waals surface area contributed by atoms with Gasteiger partial charge in [0, 0.05) is 39.6 Å². The van der Waals surface area contributed by atoms with E-state index in [0.717, 1.165) is 50.7 Å². The third kappa shape index (κ3) is 2.68. The molecule has 0 saturated carbocycles. The molecule has 0 aliphatic heterocycles. The molecule has 0 bridgehead atoms. The van der Waals surface area contributed by atoms with Crippen LogP contribution in [-0.2, 0) is 6.42 Å². The number of pyridine rings is 3. The van der Waals surface area contributed by atoms with Crippen LogP contribution in [-0.4, -0.2) is 23.9 Å². The van der Waals surface area contributed by atoms with Gasteiger partial charge in [0.1, 0.15) is 11.2 Å². The molecule has 0 amide bonds. The van der Waals surface area contributed by atoms with Gasteiger partial charge in [-0.25, -0.2) is 9.97 Å². The van der Waals surface area contributed by atoms with Crippen LogP contribution >= 0.6 is 0 Å². The van der Waals surface area contributed by atoms with Crippen LogP contribution in [0.2, 0.25) is 0 Å². The second kappa shape index (κ2) is 7.55. The molecule has 5 nitrogen and oxygen atoms in total. The van der Waals surface area contributed by atoms with Crippen LogP contribution in [0.4, 0.5) is 0 Å². The van der Waals surface area contributed by atoms with E-state index in [1.54, 1.807) is 0 Å². The summed E-state index contributed by atoms with van der Waals surface area (Å²) in [4.78, 5) is 14.7. The van der Waals surface area contributed by atoms with Crippen LogP contribution in [0.5, 0.6) is 0 Å². The SMILES string of the molecule is c1ccc(-n2c3cc4c(cc3c3c5c(ccc32)-c2ccccc2C5)c2nc3cccnc3n2c2cccnc42)cc1. The topological polar surface area (TPSA) is 48.0 Å². The molecule has 1 aliphatic rings. The lowest BCUT2D eigenvalue weighted by molar-refractivity contribution is 1.18. The summed E-state index contributed by atoms with van der Waals surface area (Å²) < 4.78 is 4.58. The fourth-order valence-corrected chi connectivity index (χ4v) is 7.13. The van der Waals surface area contributed by atoms with Crippen molar-refractivity contribution in [3.8, 4) is 16.8 Å². The summed E-state index contributed by atoms with van der Waals surface area (Å²) in [7, 11) is 0. The number of hydrogen-bond donors (Lipinski definition) is 0. The first-order valence-electron chi connectivity index (χ1n) is 13.9. The number of imidazole rings is 1. The van der Waals surface area contributed by atoms with E-state index in [1.165, 1.54) is 44.1 Å². The van der Waals surface area contributed by atoms with Gasteiger partial charge in [-0.15, -0.1) is 0 Å². The second-order valence-corrected chi connectivity index (χ2v) is 10.9. The highest BCUT2D eigenvalue weighted by Crippen LogP contribution is 2.46. The smallest absolute Gasteiger partial charge is 0.165 e. The lowest BCUT2D eigenvalue weighted by atomic mass is 9.99. The Morgan fingerprint density at radius 3 is 2.39 bits per heavy atom. The van der Waals surface area contributed by atoms with Gasteiger partial charge in [-0.1, -0.05) is 48.5 Å². The van der Waals surface area contributed by atoms with Crippen molar-refractivity contribution in [1.82, 2.24) is 23.9 Å². The van der Waals surface area contributed by atoms with Crippen LogP contribution in [0.3, 0.4) is 0 Å². The molecule has 0 N–H and O–H groups in total. The maximum Gasteiger partial charge on any atom is 0.165 e. The molecule has 0 atom stereocenters. The lowest BCUT2D eigenvalue weighted by Crippen LogP contribution is -1.96. The van der Waals surface area contributed by atoms with Gasteiger partial charge in [-0.05, 0) is 83.3 Å². The summed E-state index contributed by atoms with van der Waals surface area (Å²) in [6.45, 7) is 0. The van der Waals surface area contributed by atoms with E-state index < -0.39 is 0 Å². The molecule has 0 saturated heterocycles. The zero-order chi connectivity index (χ0) is 26.7. The van der Waals surface area contributed by atoms with Crippen molar-refractivity contribution in [2.75, 3.05) is 0 Å². The van der Waals surface area contributed by atoms with E-state index in [1.807, 2.05) is 30.6 Å². The summed E-state index contributed by atoms with van der Waals surface area (Å²) in [5, 5.41) is 4.73. The molecule has 10 rings (SSSR count). The Bertz CT molecular complexity index is 2550. The van der Waals surface area contributed by atoms with Crippen molar-refractivity contribution in [2.24, 2.45) is 0 Å². The zero-order valence-electron chi connectivity index (χ0n) is 21.9. The highest BCUT2D eigenvalue weighted by Gasteiger charge is 2.25. The molecule has 0 unspecified atom stereocenters. The molecule has 5 heteroatoms. The van der Waals surface area contributed by atoms with Crippen molar-refractivity contribution in [2.45, 2.75) is 6.42 Å². The Hall–Kier alpha value is -5.55. The predicted octanol–water partition coefficient (Wildman–Crippen LogP) is 8.25. The molecular formula is C36H21N5. The van der Waals surface area contributed by atoms with E-state index in [4.69, 9.17) is 15.0 Å². The minimum absolute atomic E-state index is 0.852. The van der Waals surface area contributed by atoms with Crippen molar-refractivity contribution < 1.29 is 0 Å². The second-order valence-electron chi connectivity index (χ2n) is 10.9. The Kier molecular flexibility index (Phi) is 3.92. The average molecular weight is 524 g/mol. The largest absolute Gasteiger partial charge is 0.309 e. The monoisotopic (exact) mass is 523 g/mol. The fourth-order valence-electron chi connectivity index (χ4n) is 7.13. The molecular weight excluding hydrogens is 502 g/mol. The minimum atomic E-state index is 0.852. The maximum absolute atomic E-state index is 5.12. The normalized spacial score (nSPS) is 12.8. The van der Waals surface area contributed by atoms with Crippen LogP contribution in [0.15, 0.2) is 116 Å². The number of aromatic nitrogens is 5. The Labute approximate surface area is 234 Å². The molecule has 0 spiro atoms. The number of nitrogens with zero attached hydrogens (tertiary/aromatic N) is 5. The molecule has 5 aromatic heterocycles. The van der Waals surface area contributed by atoms with Crippen molar-refractivity contribution in [3.63, 3.8) is 0 Å². The molecule has 4 aromatic carbocycles. The first-order valence-corrected chi connectivity index (χ1v) is 13.9. The molecule has 0 fully saturated rings.